The highest BCUT2D eigenvalue weighted by Crippen LogP contribution is 2.15. The van der Waals surface area contributed by atoms with Gasteiger partial charge in [-0.1, -0.05) is 30.3 Å². The van der Waals surface area contributed by atoms with Crippen molar-refractivity contribution in [1.82, 2.24) is 0 Å². The van der Waals surface area contributed by atoms with Crippen molar-refractivity contribution in [3.05, 3.63) is 64.7 Å². The van der Waals surface area contributed by atoms with Gasteiger partial charge in [0, 0.05) is 0 Å². The summed E-state index contributed by atoms with van der Waals surface area (Å²) in [5, 5.41) is 9.15. The van der Waals surface area contributed by atoms with Crippen LogP contribution in [0, 0.1) is 6.92 Å². The Morgan fingerprint density at radius 1 is 0.950 bits per heavy atom. The van der Waals surface area contributed by atoms with Crippen LogP contribution in [-0.4, -0.2) is 12.2 Å². The number of hydrogen-bond acceptors (Lipinski definition) is 3. The van der Waals surface area contributed by atoms with E-state index >= 15 is 0 Å². The lowest BCUT2D eigenvalue weighted by molar-refractivity contribution is 0.106. The molecule has 0 aliphatic carbocycles. The molecule has 0 saturated carbocycles. The quantitative estimate of drug-likeness (QED) is 0.877. The van der Waals surface area contributed by atoms with Crippen LogP contribution < -0.4 is 4.74 Å². The van der Waals surface area contributed by atoms with Crippen LogP contribution in [0.4, 0.5) is 0 Å². The molecule has 2 rings (SSSR count). The topological polar surface area (TPSA) is 38.7 Å². The van der Waals surface area contributed by atoms with Gasteiger partial charge in [0.1, 0.15) is 5.75 Å². The monoisotopic (exact) mass is 272 g/mol. The standard InChI is InChI=1S/C17H20O3/c1-13-3-4-15(10-18)9-16(13)12-20-11-14-5-7-17(19-2)8-6-14/h3-9,18H,10-12H2,1-2H3. The number of hydrogen-bond donors (Lipinski definition) is 1. The maximum absolute atomic E-state index is 9.15. The van der Waals surface area contributed by atoms with Gasteiger partial charge in [-0.25, -0.2) is 0 Å². The molecular weight excluding hydrogens is 252 g/mol. The smallest absolute Gasteiger partial charge is 0.118 e. The second-order valence-electron chi connectivity index (χ2n) is 4.76. The van der Waals surface area contributed by atoms with Gasteiger partial charge in [-0.15, -0.1) is 0 Å². The zero-order chi connectivity index (χ0) is 14.4. The second-order valence-corrected chi connectivity index (χ2v) is 4.76. The third-order valence-electron chi connectivity index (χ3n) is 3.28. The molecule has 2 aromatic rings. The summed E-state index contributed by atoms with van der Waals surface area (Å²) in [5.41, 5.74) is 4.32. The van der Waals surface area contributed by atoms with Crippen molar-refractivity contribution in [1.29, 1.82) is 0 Å². The molecule has 0 atom stereocenters. The average molecular weight is 272 g/mol. The lowest BCUT2D eigenvalue weighted by Gasteiger charge is -2.09. The molecule has 3 nitrogen and oxygen atoms in total. The highest BCUT2D eigenvalue weighted by Gasteiger charge is 2.01. The number of aliphatic hydroxyl groups excluding tert-OH is 1. The molecule has 0 bridgehead atoms. The van der Waals surface area contributed by atoms with Crippen molar-refractivity contribution < 1.29 is 14.6 Å². The summed E-state index contributed by atoms with van der Waals surface area (Å²) in [6, 6.07) is 13.8. The second kappa shape index (κ2) is 7.08. The SMILES string of the molecule is COc1ccc(COCc2cc(CO)ccc2C)cc1. The zero-order valence-corrected chi connectivity index (χ0v) is 11.9. The lowest BCUT2D eigenvalue weighted by Crippen LogP contribution is -1.98. The summed E-state index contributed by atoms with van der Waals surface area (Å²) in [6.07, 6.45) is 0. The summed E-state index contributed by atoms with van der Waals surface area (Å²) in [6.45, 7) is 3.22. The van der Waals surface area contributed by atoms with Crippen molar-refractivity contribution in [3.63, 3.8) is 0 Å². The fourth-order valence-corrected chi connectivity index (χ4v) is 1.98. The van der Waals surface area contributed by atoms with Crippen LogP contribution in [0.25, 0.3) is 0 Å². The van der Waals surface area contributed by atoms with E-state index in [1.807, 2.05) is 49.4 Å². The molecule has 0 fully saturated rings. The summed E-state index contributed by atoms with van der Waals surface area (Å²) in [4.78, 5) is 0. The lowest BCUT2D eigenvalue weighted by atomic mass is 10.1. The molecule has 0 saturated heterocycles. The van der Waals surface area contributed by atoms with E-state index in [9.17, 15) is 0 Å². The van der Waals surface area contributed by atoms with Crippen molar-refractivity contribution >= 4 is 0 Å². The van der Waals surface area contributed by atoms with Crippen molar-refractivity contribution in [3.8, 4) is 5.75 Å². The maximum Gasteiger partial charge on any atom is 0.118 e. The van der Waals surface area contributed by atoms with Crippen LogP contribution in [0.5, 0.6) is 5.75 Å². The van der Waals surface area contributed by atoms with Gasteiger partial charge in [0.25, 0.3) is 0 Å². The Kier molecular flexibility index (Phi) is 5.16. The first-order valence-electron chi connectivity index (χ1n) is 6.63. The fourth-order valence-electron chi connectivity index (χ4n) is 1.98. The van der Waals surface area contributed by atoms with E-state index in [4.69, 9.17) is 14.6 Å². The Bertz CT molecular complexity index is 547. The minimum absolute atomic E-state index is 0.0613. The molecule has 106 valence electrons. The Morgan fingerprint density at radius 3 is 2.30 bits per heavy atom. The number of aliphatic hydroxyl groups is 1. The number of methoxy groups -OCH3 is 1. The predicted molar refractivity (Wildman–Crippen MR) is 78.6 cm³/mol. The molecule has 0 heterocycles. The Morgan fingerprint density at radius 2 is 1.65 bits per heavy atom. The molecule has 0 spiro atoms. The molecule has 0 radical (unpaired) electrons. The number of aryl methyl sites for hydroxylation is 1. The van der Waals surface area contributed by atoms with Gasteiger partial charge < -0.3 is 14.6 Å². The normalized spacial score (nSPS) is 10.6. The van der Waals surface area contributed by atoms with Gasteiger partial charge in [-0.2, -0.15) is 0 Å². The van der Waals surface area contributed by atoms with Crippen molar-refractivity contribution in [2.75, 3.05) is 7.11 Å². The third-order valence-corrected chi connectivity index (χ3v) is 3.28. The summed E-state index contributed by atoms with van der Waals surface area (Å²) in [5.74, 6) is 0.847. The number of rotatable bonds is 6. The highest BCUT2D eigenvalue weighted by atomic mass is 16.5. The third kappa shape index (κ3) is 3.83. The van der Waals surface area contributed by atoms with Crippen LogP contribution in [0.15, 0.2) is 42.5 Å². The van der Waals surface area contributed by atoms with Crippen LogP contribution in [-0.2, 0) is 24.6 Å². The van der Waals surface area contributed by atoms with Gasteiger partial charge >= 0.3 is 0 Å². The fraction of sp³-hybridized carbons (Fsp3) is 0.294. The van der Waals surface area contributed by atoms with Crippen LogP contribution in [0.2, 0.25) is 0 Å². The van der Waals surface area contributed by atoms with Crippen LogP contribution >= 0.6 is 0 Å². The molecule has 0 unspecified atom stereocenters. The Labute approximate surface area is 119 Å². The molecule has 20 heavy (non-hydrogen) atoms. The van der Waals surface area contributed by atoms with Gasteiger partial charge in [0.15, 0.2) is 0 Å². The van der Waals surface area contributed by atoms with E-state index in [2.05, 4.69) is 0 Å². The van der Waals surface area contributed by atoms with Crippen molar-refractivity contribution in [2.45, 2.75) is 26.7 Å². The minimum Gasteiger partial charge on any atom is -0.497 e. The van der Waals surface area contributed by atoms with Crippen LogP contribution in [0.1, 0.15) is 22.3 Å². The Balaban J connectivity index is 1.91. The maximum atomic E-state index is 9.15. The molecule has 0 aliphatic heterocycles. The Hall–Kier alpha value is -1.84. The van der Waals surface area contributed by atoms with E-state index in [1.165, 1.54) is 5.56 Å². The summed E-state index contributed by atoms with van der Waals surface area (Å²) in [7, 11) is 1.66. The summed E-state index contributed by atoms with van der Waals surface area (Å²) >= 11 is 0. The van der Waals surface area contributed by atoms with Crippen LogP contribution in [0.3, 0.4) is 0 Å². The average Bonchev–Trinajstić information content (AvgIpc) is 2.50. The number of benzene rings is 2. The first-order valence-corrected chi connectivity index (χ1v) is 6.63. The van der Waals surface area contributed by atoms with Gasteiger partial charge in [0.2, 0.25) is 0 Å². The molecule has 0 amide bonds. The molecule has 0 aliphatic rings. The molecular formula is C17H20O3. The molecule has 1 N–H and O–H groups in total. The van der Waals surface area contributed by atoms with Gasteiger partial charge in [-0.05, 0) is 41.3 Å². The molecule has 0 aromatic heterocycles. The first-order chi connectivity index (χ1) is 9.72. The van der Waals surface area contributed by atoms with Gasteiger partial charge in [0.05, 0.1) is 26.9 Å². The highest BCUT2D eigenvalue weighted by molar-refractivity contribution is 5.30. The molecule has 3 heteroatoms. The number of ether oxygens (including phenoxy) is 2. The van der Waals surface area contributed by atoms with E-state index in [0.717, 1.165) is 22.4 Å². The predicted octanol–water partition coefficient (Wildman–Crippen LogP) is 3.21. The van der Waals surface area contributed by atoms with Gasteiger partial charge in [-0.3, -0.25) is 0 Å². The minimum atomic E-state index is 0.0613. The summed E-state index contributed by atoms with van der Waals surface area (Å²) < 4.78 is 10.9. The molecule has 2 aromatic carbocycles. The van der Waals surface area contributed by atoms with E-state index in [1.54, 1.807) is 7.11 Å². The van der Waals surface area contributed by atoms with E-state index < -0.39 is 0 Å². The largest absolute Gasteiger partial charge is 0.497 e. The van der Waals surface area contributed by atoms with E-state index in [0.29, 0.717) is 13.2 Å². The zero-order valence-electron chi connectivity index (χ0n) is 11.9. The van der Waals surface area contributed by atoms with Crippen molar-refractivity contribution in [2.24, 2.45) is 0 Å². The van der Waals surface area contributed by atoms with E-state index in [-0.39, 0.29) is 6.61 Å². The first kappa shape index (κ1) is 14.6.